The molecule has 0 aromatic carbocycles. The summed E-state index contributed by atoms with van der Waals surface area (Å²) in [5, 5.41) is 12.6. The van der Waals surface area contributed by atoms with Crippen LogP contribution in [0.4, 0.5) is 19.3 Å². The van der Waals surface area contributed by atoms with Gasteiger partial charge in [-0.3, -0.25) is 4.79 Å². The Labute approximate surface area is 190 Å². The average Bonchev–Trinajstić information content (AvgIpc) is 3.21. The summed E-state index contributed by atoms with van der Waals surface area (Å²) in [6, 6.07) is 0.542. The van der Waals surface area contributed by atoms with Crippen molar-refractivity contribution in [1.29, 1.82) is 0 Å². The van der Waals surface area contributed by atoms with Crippen LogP contribution < -0.4 is 21.1 Å². The highest BCUT2D eigenvalue weighted by molar-refractivity contribution is 6.33. The number of halogens is 3. The number of hydrogen-bond donors (Lipinski definition) is 3. The number of amides is 1. The third-order valence-electron chi connectivity index (χ3n) is 6.77. The number of nitrogens with zero attached hydrogens (tertiary/aromatic N) is 2. The van der Waals surface area contributed by atoms with Crippen LogP contribution in [0.25, 0.3) is 0 Å². The number of H-pyrrole nitrogens is 1. The Bertz CT molecular complexity index is 852. The van der Waals surface area contributed by atoms with Crippen molar-refractivity contribution in [2.45, 2.75) is 87.9 Å². The van der Waals surface area contributed by atoms with E-state index < -0.39 is 17.6 Å². The zero-order valence-electron chi connectivity index (χ0n) is 17.9. The molecule has 0 radical (unpaired) electrons. The molecular weight excluding hydrogens is 444 g/mol. The Hall–Kier alpha value is -1.94. The molecule has 1 aromatic rings. The highest BCUT2D eigenvalue weighted by Crippen LogP contribution is 2.34. The number of anilines is 1. The molecule has 1 amide bonds. The standard InChI is InChI=1S/C21H30ClF2N5O3/c22-18-17(11-25-28-19(18)30)29-10-7-16(12-29)32-20(31)27-14-3-1-13(2-4-14)26-15-5-8-21(23,24)9-6-15/h11,13-16,26H,1-10,12H2,(H,27,31)(H,28,30)/t13-,14+,16-/m1/s1. The Balaban J connectivity index is 1.16. The summed E-state index contributed by atoms with van der Waals surface area (Å²) in [5.74, 6) is -2.50. The Morgan fingerprint density at radius 3 is 2.50 bits per heavy atom. The maximum absolute atomic E-state index is 13.3. The monoisotopic (exact) mass is 473 g/mol. The fourth-order valence-electron chi connectivity index (χ4n) is 4.93. The molecule has 32 heavy (non-hydrogen) atoms. The summed E-state index contributed by atoms with van der Waals surface area (Å²) < 4.78 is 32.2. The highest BCUT2D eigenvalue weighted by atomic mass is 35.5. The van der Waals surface area contributed by atoms with Crippen LogP contribution in [0.5, 0.6) is 0 Å². The molecule has 1 saturated heterocycles. The molecule has 1 aromatic heterocycles. The normalized spacial score (nSPS) is 28.5. The summed E-state index contributed by atoms with van der Waals surface area (Å²) in [4.78, 5) is 25.9. The largest absolute Gasteiger partial charge is 0.444 e. The number of aromatic amines is 1. The number of aromatic nitrogens is 2. The van der Waals surface area contributed by atoms with Gasteiger partial charge in [0.2, 0.25) is 5.92 Å². The highest BCUT2D eigenvalue weighted by Gasteiger charge is 2.36. The molecule has 2 aliphatic carbocycles. The predicted molar refractivity (Wildman–Crippen MR) is 116 cm³/mol. The van der Waals surface area contributed by atoms with E-state index in [1.54, 1.807) is 0 Å². The maximum Gasteiger partial charge on any atom is 0.407 e. The van der Waals surface area contributed by atoms with Crippen molar-refractivity contribution in [2.75, 3.05) is 18.0 Å². The van der Waals surface area contributed by atoms with E-state index >= 15 is 0 Å². The van der Waals surface area contributed by atoms with Gasteiger partial charge in [0.25, 0.3) is 5.56 Å². The molecular formula is C21H30ClF2N5O3. The minimum absolute atomic E-state index is 0.0323. The topological polar surface area (TPSA) is 99.3 Å². The van der Waals surface area contributed by atoms with Gasteiger partial charge in [0, 0.05) is 43.9 Å². The average molecular weight is 474 g/mol. The minimum Gasteiger partial charge on any atom is -0.444 e. The van der Waals surface area contributed by atoms with Gasteiger partial charge in [-0.25, -0.2) is 18.7 Å². The first kappa shape index (κ1) is 23.2. The molecule has 178 valence electrons. The number of carbonyl (C=O) groups is 1. The van der Waals surface area contributed by atoms with Gasteiger partial charge >= 0.3 is 6.09 Å². The number of hydrogen-bond acceptors (Lipinski definition) is 6. The van der Waals surface area contributed by atoms with E-state index in [0.29, 0.717) is 44.1 Å². The summed E-state index contributed by atoms with van der Waals surface area (Å²) in [5.41, 5.74) is 0.0900. The molecule has 3 N–H and O–H groups in total. The third-order valence-corrected chi connectivity index (χ3v) is 7.14. The van der Waals surface area contributed by atoms with Gasteiger partial charge in [-0.1, -0.05) is 11.6 Å². The lowest BCUT2D eigenvalue weighted by molar-refractivity contribution is -0.0415. The van der Waals surface area contributed by atoms with Gasteiger partial charge in [0.15, 0.2) is 0 Å². The van der Waals surface area contributed by atoms with Crippen LogP contribution in [0.3, 0.4) is 0 Å². The van der Waals surface area contributed by atoms with Gasteiger partial charge in [0.1, 0.15) is 11.1 Å². The molecule has 4 rings (SSSR count). The number of carbonyl (C=O) groups excluding carboxylic acids is 1. The molecule has 2 saturated carbocycles. The van der Waals surface area contributed by atoms with Crippen LogP contribution in [0.2, 0.25) is 5.02 Å². The Kier molecular flexibility index (Phi) is 7.19. The zero-order valence-corrected chi connectivity index (χ0v) is 18.7. The van der Waals surface area contributed by atoms with Crippen molar-refractivity contribution < 1.29 is 18.3 Å². The second kappa shape index (κ2) is 9.91. The van der Waals surface area contributed by atoms with E-state index in [2.05, 4.69) is 20.8 Å². The van der Waals surface area contributed by atoms with Crippen molar-refractivity contribution in [3.8, 4) is 0 Å². The molecule has 0 spiro atoms. The molecule has 2 heterocycles. The fraction of sp³-hybridized carbons (Fsp3) is 0.762. The van der Waals surface area contributed by atoms with E-state index in [1.807, 2.05) is 4.90 Å². The smallest absolute Gasteiger partial charge is 0.407 e. The zero-order chi connectivity index (χ0) is 22.7. The summed E-state index contributed by atoms with van der Waals surface area (Å²) >= 11 is 6.06. The van der Waals surface area contributed by atoms with E-state index in [4.69, 9.17) is 16.3 Å². The van der Waals surface area contributed by atoms with Gasteiger partial charge in [0.05, 0.1) is 18.4 Å². The van der Waals surface area contributed by atoms with Gasteiger partial charge in [-0.2, -0.15) is 5.10 Å². The van der Waals surface area contributed by atoms with Crippen molar-refractivity contribution in [2.24, 2.45) is 0 Å². The summed E-state index contributed by atoms with van der Waals surface area (Å²) in [6.07, 6.45) is 5.89. The molecule has 1 atom stereocenters. The van der Waals surface area contributed by atoms with Crippen molar-refractivity contribution >= 4 is 23.4 Å². The van der Waals surface area contributed by atoms with Crippen molar-refractivity contribution in [3.05, 3.63) is 21.6 Å². The first-order valence-corrected chi connectivity index (χ1v) is 11.8. The molecule has 11 heteroatoms. The van der Waals surface area contributed by atoms with Crippen LogP contribution in [0.1, 0.15) is 57.8 Å². The third kappa shape index (κ3) is 5.89. The SMILES string of the molecule is O=C(N[C@H]1CC[C@@H](NC2CCC(F)(F)CC2)CC1)O[C@@H]1CCN(c2cn[nH]c(=O)c2Cl)C1. The lowest BCUT2D eigenvalue weighted by Gasteiger charge is -2.35. The number of rotatable bonds is 5. The molecule has 0 unspecified atom stereocenters. The quantitative estimate of drug-likeness (QED) is 0.607. The minimum atomic E-state index is -2.50. The second-order valence-corrected chi connectivity index (χ2v) is 9.53. The van der Waals surface area contributed by atoms with Crippen LogP contribution in [-0.4, -0.2) is 59.5 Å². The molecule has 1 aliphatic heterocycles. The maximum atomic E-state index is 13.3. The first-order valence-electron chi connectivity index (χ1n) is 11.4. The lowest BCUT2D eigenvalue weighted by atomic mass is 9.87. The van der Waals surface area contributed by atoms with Crippen LogP contribution in [-0.2, 0) is 4.74 Å². The predicted octanol–water partition coefficient (Wildman–Crippen LogP) is 3.21. The fourth-order valence-corrected chi connectivity index (χ4v) is 5.14. The Morgan fingerprint density at radius 1 is 1.12 bits per heavy atom. The van der Waals surface area contributed by atoms with Gasteiger partial charge < -0.3 is 20.3 Å². The van der Waals surface area contributed by atoms with Crippen molar-refractivity contribution in [1.82, 2.24) is 20.8 Å². The van der Waals surface area contributed by atoms with Crippen LogP contribution in [0, 0.1) is 0 Å². The molecule has 3 fully saturated rings. The summed E-state index contributed by atoms with van der Waals surface area (Å²) in [7, 11) is 0. The van der Waals surface area contributed by atoms with Crippen LogP contribution >= 0.6 is 11.6 Å². The van der Waals surface area contributed by atoms with Crippen molar-refractivity contribution in [3.63, 3.8) is 0 Å². The van der Waals surface area contributed by atoms with Crippen LogP contribution in [0.15, 0.2) is 11.0 Å². The first-order chi connectivity index (χ1) is 15.3. The van der Waals surface area contributed by atoms with E-state index in [-0.39, 0.29) is 36.1 Å². The molecule has 0 bridgehead atoms. The number of alkyl carbamates (subject to hydrolysis) is 1. The van der Waals surface area contributed by atoms with Gasteiger partial charge in [-0.15, -0.1) is 0 Å². The Morgan fingerprint density at radius 2 is 1.78 bits per heavy atom. The molecule has 3 aliphatic rings. The van der Waals surface area contributed by atoms with Gasteiger partial charge in [-0.05, 0) is 38.5 Å². The second-order valence-electron chi connectivity index (χ2n) is 9.15. The van der Waals surface area contributed by atoms with E-state index in [0.717, 1.165) is 25.7 Å². The lowest BCUT2D eigenvalue weighted by Crippen LogP contribution is -2.47. The number of nitrogens with one attached hydrogen (secondary N) is 3. The molecule has 8 nitrogen and oxygen atoms in total. The number of ether oxygens (including phenoxy) is 1. The van der Waals surface area contributed by atoms with E-state index in [9.17, 15) is 18.4 Å². The van der Waals surface area contributed by atoms with E-state index in [1.165, 1.54) is 6.20 Å². The number of alkyl halides is 2. The summed E-state index contributed by atoms with van der Waals surface area (Å²) in [6.45, 7) is 1.07.